The Labute approximate surface area is 125 Å². The van der Waals surface area contributed by atoms with Crippen LogP contribution in [0.5, 0.6) is 0 Å². The number of aromatic amines is 1. The zero-order chi connectivity index (χ0) is 15.0. The lowest BCUT2D eigenvalue weighted by Crippen LogP contribution is -2.22. The van der Waals surface area contributed by atoms with Crippen LogP contribution >= 0.6 is 0 Å². The van der Waals surface area contributed by atoms with Crippen LogP contribution in [0.15, 0.2) is 12.1 Å². The van der Waals surface area contributed by atoms with Gasteiger partial charge in [0, 0.05) is 22.5 Å². The second-order valence-electron chi connectivity index (χ2n) is 6.46. The van der Waals surface area contributed by atoms with Gasteiger partial charge in [-0.25, -0.2) is 0 Å². The van der Waals surface area contributed by atoms with Crippen molar-refractivity contribution in [1.82, 2.24) is 4.98 Å². The Kier molecular flexibility index (Phi) is 3.75. The molecule has 3 rings (SSSR count). The molecule has 2 aromatic rings. The van der Waals surface area contributed by atoms with Crippen molar-refractivity contribution in [3.05, 3.63) is 34.5 Å². The number of primary amides is 1. The Bertz CT molecular complexity index is 684. The van der Waals surface area contributed by atoms with Crippen molar-refractivity contribution in [1.29, 1.82) is 0 Å². The van der Waals surface area contributed by atoms with Crippen LogP contribution < -0.4 is 5.73 Å². The lowest BCUT2D eigenvalue weighted by atomic mass is 9.95. The maximum Gasteiger partial charge on any atom is 0.220 e. The van der Waals surface area contributed by atoms with Crippen LogP contribution in [0.4, 0.5) is 0 Å². The number of fused-ring (bicyclic) bond motifs is 2. The monoisotopic (exact) mass is 284 g/mol. The molecule has 1 aromatic heterocycles. The zero-order valence-electron chi connectivity index (χ0n) is 13.0. The molecule has 112 valence electrons. The summed E-state index contributed by atoms with van der Waals surface area (Å²) in [5.41, 5.74) is 12.0. The molecule has 1 amide bonds. The first kappa shape index (κ1) is 14.2. The molecule has 0 saturated heterocycles. The van der Waals surface area contributed by atoms with Gasteiger partial charge in [-0.05, 0) is 67.9 Å². The van der Waals surface area contributed by atoms with Gasteiger partial charge in [0.1, 0.15) is 0 Å². The summed E-state index contributed by atoms with van der Waals surface area (Å²) in [6, 6.07) is 4.67. The van der Waals surface area contributed by atoms with Crippen LogP contribution in [0.1, 0.15) is 48.6 Å². The Morgan fingerprint density at radius 3 is 2.57 bits per heavy atom. The van der Waals surface area contributed by atoms with Crippen LogP contribution in [-0.2, 0) is 24.1 Å². The standard InChI is InChI=1S/C18H24N2O/c1-11(18(19)21)8-15-12(2)20-17-10-14-7-5-3-4-6-13(14)9-16(15)17/h9-11,20H,3-8H2,1-2H3,(H2,19,21). The highest BCUT2D eigenvalue weighted by atomic mass is 16.1. The first-order valence-electron chi connectivity index (χ1n) is 7.98. The number of rotatable bonds is 3. The molecule has 0 radical (unpaired) electrons. The largest absolute Gasteiger partial charge is 0.369 e. The highest BCUT2D eigenvalue weighted by molar-refractivity contribution is 5.87. The number of hydrogen-bond acceptors (Lipinski definition) is 1. The molecule has 21 heavy (non-hydrogen) atoms. The predicted molar refractivity (Wildman–Crippen MR) is 86.4 cm³/mol. The number of H-pyrrole nitrogens is 1. The normalized spacial score (nSPS) is 16.5. The summed E-state index contributed by atoms with van der Waals surface area (Å²) in [6.45, 7) is 4.00. The minimum absolute atomic E-state index is 0.124. The first-order valence-corrected chi connectivity index (χ1v) is 7.98. The van der Waals surface area contributed by atoms with Gasteiger partial charge in [0.25, 0.3) is 0 Å². The van der Waals surface area contributed by atoms with Crippen molar-refractivity contribution in [2.45, 2.75) is 52.4 Å². The lowest BCUT2D eigenvalue weighted by molar-refractivity contribution is -0.121. The number of carbonyl (C=O) groups is 1. The first-order chi connectivity index (χ1) is 10.1. The van der Waals surface area contributed by atoms with Crippen LogP contribution in [-0.4, -0.2) is 10.9 Å². The third kappa shape index (κ3) is 2.69. The summed E-state index contributed by atoms with van der Waals surface area (Å²) < 4.78 is 0. The molecule has 3 nitrogen and oxygen atoms in total. The quantitative estimate of drug-likeness (QED) is 0.834. The molecule has 1 aromatic carbocycles. The minimum Gasteiger partial charge on any atom is -0.369 e. The van der Waals surface area contributed by atoms with Crippen molar-refractivity contribution in [2.75, 3.05) is 0 Å². The van der Waals surface area contributed by atoms with Gasteiger partial charge in [0.05, 0.1) is 0 Å². The number of carbonyl (C=O) groups excluding carboxylic acids is 1. The summed E-state index contributed by atoms with van der Waals surface area (Å²) in [4.78, 5) is 14.9. The maximum atomic E-state index is 11.4. The van der Waals surface area contributed by atoms with Crippen molar-refractivity contribution in [3.8, 4) is 0 Å². The topological polar surface area (TPSA) is 58.9 Å². The molecule has 3 heteroatoms. The predicted octanol–water partition coefficient (Wildman–Crippen LogP) is 3.41. The molecule has 1 unspecified atom stereocenters. The third-order valence-corrected chi connectivity index (χ3v) is 4.83. The SMILES string of the molecule is Cc1[nH]c2cc3c(cc2c1CC(C)C(N)=O)CCCCC3. The van der Waals surface area contributed by atoms with Crippen molar-refractivity contribution >= 4 is 16.8 Å². The molecule has 0 bridgehead atoms. The van der Waals surface area contributed by atoms with Crippen molar-refractivity contribution in [2.24, 2.45) is 11.7 Å². The van der Waals surface area contributed by atoms with Crippen LogP contribution in [0.3, 0.4) is 0 Å². The molecule has 3 N–H and O–H groups in total. The van der Waals surface area contributed by atoms with Gasteiger partial charge in [-0.1, -0.05) is 13.3 Å². The average molecular weight is 284 g/mol. The van der Waals surface area contributed by atoms with E-state index in [9.17, 15) is 4.79 Å². The molecule has 0 aliphatic heterocycles. The number of nitrogens with two attached hydrogens (primary N) is 1. The fourth-order valence-corrected chi connectivity index (χ4v) is 3.46. The number of nitrogens with one attached hydrogen (secondary N) is 1. The Balaban J connectivity index is 2.06. The molecule has 1 aliphatic carbocycles. The Hall–Kier alpha value is -1.77. The van der Waals surface area contributed by atoms with Crippen LogP contribution in [0.2, 0.25) is 0 Å². The molecule has 0 spiro atoms. The highest BCUT2D eigenvalue weighted by Crippen LogP contribution is 2.30. The van der Waals surface area contributed by atoms with Gasteiger partial charge >= 0.3 is 0 Å². The number of benzene rings is 1. The molecular formula is C18H24N2O. The summed E-state index contributed by atoms with van der Waals surface area (Å²) in [5, 5.41) is 1.28. The summed E-state index contributed by atoms with van der Waals surface area (Å²) in [7, 11) is 0. The number of aryl methyl sites for hydroxylation is 3. The van der Waals surface area contributed by atoms with E-state index in [0.717, 1.165) is 6.42 Å². The summed E-state index contributed by atoms with van der Waals surface area (Å²) in [5.74, 6) is -0.347. The van der Waals surface area contributed by atoms with E-state index in [4.69, 9.17) is 5.73 Å². The average Bonchev–Trinajstić information content (AvgIpc) is 2.63. The fraction of sp³-hybridized carbons (Fsp3) is 0.500. The Morgan fingerprint density at radius 1 is 1.24 bits per heavy atom. The van der Waals surface area contributed by atoms with Gasteiger partial charge in [-0.3, -0.25) is 4.79 Å². The van der Waals surface area contributed by atoms with Gasteiger partial charge in [0.2, 0.25) is 5.91 Å². The fourth-order valence-electron chi connectivity index (χ4n) is 3.46. The smallest absolute Gasteiger partial charge is 0.220 e. The van der Waals surface area contributed by atoms with E-state index in [1.807, 2.05) is 6.92 Å². The van der Waals surface area contributed by atoms with Gasteiger partial charge in [-0.2, -0.15) is 0 Å². The van der Waals surface area contributed by atoms with E-state index in [-0.39, 0.29) is 11.8 Å². The van der Waals surface area contributed by atoms with Gasteiger partial charge in [-0.15, -0.1) is 0 Å². The van der Waals surface area contributed by atoms with E-state index in [2.05, 4.69) is 24.0 Å². The van der Waals surface area contributed by atoms with Crippen LogP contribution in [0.25, 0.3) is 10.9 Å². The lowest BCUT2D eigenvalue weighted by Gasteiger charge is -2.09. The van der Waals surface area contributed by atoms with Gasteiger partial charge < -0.3 is 10.7 Å². The summed E-state index contributed by atoms with van der Waals surface area (Å²) in [6.07, 6.45) is 7.00. The molecule has 0 saturated carbocycles. The van der Waals surface area contributed by atoms with Crippen molar-refractivity contribution < 1.29 is 4.79 Å². The molecule has 1 heterocycles. The second-order valence-corrected chi connectivity index (χ2v) is 6.46. The number of hydrogen-bond donors (Lipinski definition) is 2. The molecular weight excluding hydrogens is 260 g/mol. The maximum absolute atomic E-state index is 11.4. The number of aromatic nitrogens is 1. The Morgan fingerprint density at radius 2 is 1.90 bits per heavy atom. The van der Waals surface area contributed by atoms with E-state index < -0.39 is 0 Å². The zero-order valence-corrected chi connectivity index (χ0v) is 13.0. The second kappa shape index (κ2) is 5.55. The van der Waals surface area contributed by atoms with E-state index in [0.29, 0.717) is 0 Å². The highest BCUT2D eigenvalue weighted by Gasteiger charge is 2.17. The minimum atomic E-state index is -0.224. The number of amides is 1. The summed E-state index contributed by atoms with van der Waals surface area (Å²) >= 11 is 0. The van der Waals surface area contributed by atoms with Crippen LogP contribution in [0, 0.1) is 12.8 Å². The van der Waals surface area contributed by atoms with E-state index in [1.165, 1.54) is 65.4 Å². The third-order valence-electron chi connectivity index (χ3n) is 4.83. The van der Waals surface area contributed by atoms with E-state index >= 15 is 0 Å². The molecule has 1 atom stereocenters. The van der Waals surface area contributed by atoms with Crippen molar-refractivity contribution in [3.63, 3.8) is 0 Å². The molecule has 0 fully saturated rings. The van der Waals surface area contributed by atoms with E-state index in [1.54, 1.807) is 0 Å². The van der Waals surface area contributed by atoms with Gasteiger partial charge in [0.15, 0.2) is 0 Å². The molecule has 1 aliphatic rings.